The first-order valence-corrected chi connectivity index (χ1v) is 5.00. The zero-order chi connectivity index (χ0) is 11.9. The maximum absolute atomic E-state index is 13.6. The Morgan fingerprint density at radius 2 is 2.00 bits per heavy atom. The molecule has 1 nitrogen and oxygen atoms in total. The quantitative estimate of drug-likeness (QED) is 0.781. The van der Waals surface area contributed by atoms with Crippen LogP contribution in [0.25, 0.3) is 0 Å². The lowest BCUT2D eigenvalue weighted by molar-refractivity contribution is -0.140. The maximum atomic E-state index is 13.6. The second-order valence-electron chi connectivity index (χ2n) is 4.04. The van der Waals surface area contributed by atoms with Gasteiger partial charge in [-0.05, 0) is 36.4 Å². The molecule has 2 unspecified atom stereocenters. The SMILES string of the molecule is NCC1CC1c1cccc(C(F)(F)F)c1F. The van der Waals surface area contributed by atoms with Crippen molar-refractivity contribution < 1.29 is 17.6 Å². The van der Waals surface area contributed by atoms with E-state index in [-0.39, 0.29) is 17.4 Å². The molecule has 1 aliphatic rings. The zero-order valence-corrected chi connectivity index (χ0v) is 8.39. The first-order chi connectivity index (χ1) is 7.45. The third-order valence-corrected chi connectivity index (χ3v) is 2.96. The number of benzene rings is 1. The van der Waals surface area contributed by atoms with Crippen molar-refractivity contribution in [2.45, 2.75) is 18.5 Å². The van der Waals surface area contributed by atoms with E-state index in [1.807, 2.05) is 0 Å². The monoisotopic (exact) mass is 233 g/mol. The molecule has 0 spiro atoms. The molecule has 2 atom stereocenters. The Morgan fingerprint density at radius 3 is 2.50 bits per heavy atom. The van der Waals surface area contributed by atoms with Crippen LogP contribution in [0.3, 0.4) is 0 Å². The average Bonchev–Trinajstić information content (AvgIpc) is 2.95. The molecule has 1 aromatic rings. The second kappa shape index (κ2) is 3.73. The molecule has 16 heavy (non-hydrogen) atoms. The molecule has 1 fully saturated rings. The molecule has 0 aliphatic heterocycles. The van der Waals surface area contributed by atoms with Crippen LogP contribution in [-0.4, -0.2) is 6.54 Å². The standard InChI is InChI=1S/C11H11F4N/c12-10-7(8-4-6(8)5-16)2-1-3-9(10)11(13,14)15/h1-3,6,8H,4-5,16H2. The second-order valence-corrected chi connectivity index (χ2v) is 4.04. The number of hydrogen-bond acceptors (Lipinski definition) is 1. The zero-order valence-electron chi connectivity index (χ0n) is 8.39. The molecular weight excluding hydrogens is 222 g/mol. The van der Waals surface area contributed by atoms with Gasteiger partial charge in [0.25, 0.3) is 0 Å². The van der Waals surface area contributed by atoms with Crippen LogP contribution < -0.4 is 5.73 Å². The summed E-state index contributed by atoms with van der Waals surface area (Å²) >= 11 is 0. The van der Waals surface area contributed by atoms with Crippen LogP contribution in [0.4, 0.5) is 17.6 Å². The summed E-state index contributed by atoms with van der Waals surface area (Å²) in [7, 11) is 0. The first-order valence-electron chi connectivity index (χ1n) is 5.00. The van der Waals surface area contributed by atoms with Gasteiger partial charge in [0.2, 0.25) is 0 Å². The molecule has 2 N–H and O–H groups in total. The van der Waals surface area contributed by atoms with Gasteiger partial charge in [0.15, 0.2) is 0 Å². The lowest BCUT2D eigenvalue weighted by atomic mass is 10.0. The Kier molecular flexibility index (Phi) is 2.66. The summed E-state index contributed by atoms with van der Waals surface area (Å²) in [6.07, 6.45) is -3.96. The molecule has 0 radical (unpaired) electrons. The van der Waals surface area contributed by atoms with E-state index >= 15 is 0 Å². The molecule has 0 amide bonds. The third-order valence-electron chi connectivity index (χ3n) is 2.96. The number of halogens is 4. The minimum Gasteiger partial charge on any atom is -0.330 e. The molecule has 1 saturated carbocycles. The Morgan fingerprint density at radius 1 is 1.31 bits per heavy atom. The fourth-order valence-corrected chi connectivity index (χ4v) is 1.94. The lowest BCUT2D eigenvalue weighted by Crippen LogP contribution is -2.10. The Hall–Kier alpha value is -1.10. The molecule has 0 aromatic heterocycles. The summed E-state index contributed by atoms with van der Waals surface area (Å²) in [4.78, 5) is 0. The summed E-state index contributed by atoms with van der Waals surface area (Å²) in [5.74, 6) is -1.17. The predicted octanol–water partition coefficient (Wildman–Crippen LogP) is 2.91. The van der Waals surface area contributed by atoms with E-state index in [1.165, 1.54) is 12.1 Å². The van der Waals surface area contributed by atoms with Crippen molar-refractivity contribution in [3.63, 3.8) is 0 Å². The van der Waals surface area contributed by atoms with Crippen molar-refractivity contribution in [3.05, 3.63) is 35.1 Å². The van der Waals surface area contributed by atoms with Gasteiger partial charge in [0.05, 0.1) is 5.56 Å². The van der Waals surface area contributed by atoms with Crippen molar-refractivity contribution in [2.75, 3.05) is 6.54 Å². The highest BCUT2D eigenvalue weighted by atomic mass is 19.4. The van der Waals surface area contributed by atoms with E-state index in [2.05, 4.69) is 0 Å². The van der Waals surface area contributed by atoms with Crippen LogP contribution >= 0.6 is 0 Å². The van der Waals surface area contributed by atoms with Crippen molar-refractivity contribution in [1.82, 2.24) is 0 Å². The fourth-order valence-electron chi connectivity index (χ4n) is 1.94. The summed E-state index contributed by atoms with van der Waals surface area (Å²) < 4.78 is 50.9. The summed E-state index contributed by atoms with van der Waals surface area (Å²) in [5.41, 5.74) is 4.35. The van der Waals surface area contributed by atoms with Crippen molar-refractivity contribution in [1.29, 1.82) is 0 Å². The lowest BCUT2D eigenvalue weighted by Gasteiger charge is -2.10. The van der Waals surface area contributed by atoms with Gasteiger partial charge in [0.1, 0.15) is 5.82 Å². The van der Waals surface area contributed by atoms with Crippen LogP contribution in [0.5, 0.6) is 0 Å². The molecular formula is C11H11F4N. The molecule has 1 aromatic carbocycles. The van der Waals surface area contributed by atoms with E-state index < -0.39 is 17.6 Å². The first kappa shape index (κ1) is 11.4. The molecule has 1 aliphatic carbocycles. The van der Waals surface area contributed by atoms with Crippen molar-refractivity contribution >= 4 is 0 Å². The van der Waals surface area contributed by atoms with Crippen LogP contribution in [0.2, 0.25) is 0 Å². The summed E-state index contributed by atoms with van der Waals surface area (Å²) in [6.45, 7) is 0.389. The number of alkyl halides is 3. The van der Waals surface area contributed by atoms with Crippen LogP contribution in [0.15, 0.2) is 18.2 Å². The highest BCUT2D eigenvalue weighted by Gasteiger charge is 2.42. The van der Waals surface area contributed by atoms with Gasteiger partial charge in [0, 0.05) is 0 Å². The van der Waals surface area contributed by atoms with E-state index in [1.54, 1.807) is 0 Å². The van der Waals surface area contributed by atoms with E-state index in [9.17, 15) is 17.6 Å². The normalized spacial score (nSPS) is 24.6. The average molecular weight is 233 g/mol. The van der Waals surface area contributed by atoms with Gasteiger partial charge in [-0.25, -0.2) is 4.39 Å². The number of nitrogens with two attached hydrogens (primary N) is 1. The molecule has 0 saturated heterocycles. The smallest absolute Gasteiger partial charge is 0.330 e. The molecule has 88 valence electrons. The Bertz CT molecular complexity index is 399. The molecule has 2 rings (SSSR count). The maximum Gasteiger partial charge on any atom is 0.419 e. The number of rotatable bonds is 2. The third kappa shape index (κ3) is 1.91. The van der Waals surface area contributed by atoms with E-state index in [0.717, 1.165) is 6.07 Å². The van der Waals surface area contributed by atoms with Gasteiger partial charge >= 0.3 is 6.18 Å². The highest BCUT2D eigenvalue weighted by molar-refractivity contribution is 5.34. The van der Waals surface area contributed by atoms with Crippen molar-refractivity contribution in [3.8, 4) is 0 Å². The summed E-state index contributed by atoms with van der Waals surface area (Å²) in [5, 5.41) is 0. The van der Waals surface area contributed by atoms with E-state index in [4.69, 9.17) is 5.73 Å². The molecule has 0 bridgehead atoms. The van der Waals surface area contributed by atoms with Gasteiger partial charge in [-0.15, -0.1) is 0 Å². The topological polar surface area (TPSA) is 26.0 Å². The molecule has 5 heteroatoms. The van der Waals surface area contributed by atoms with E-state index in [0.29, 0.717) is 13.0 Å². The van der Waals surface area contributed by atoms with Gasteiger partial charge in [-0.2, -0.15) is 13.2 Å². The van der Waals surface area contributed by atoms with Crippen LogP contribution in [-0.2, 0) is 6.18 Å². The van der Waals surface area contributed by atoms with Gasteiger partial charge < -0.3 is 5.73 Å². The minimum atomic E-state index is -4.63. The van der Waals surface area contributed by atoms with Gasteiger partial charge in [-0.1, -0.05) is 12.1 Å². The fraction of sp³-hybridized carbons (Fsp3) is 0.455. The Balaban J connectivity index is 2.35. The minimum absolute atomic E-state index is 0.123. The van der Waals surface area contributed by atoms with Crippen molar-refractivity contribution in [2.24, 2.45) is 11.7 Å². The highest BCUT2D eigenvalue weighted by Crippen LogP contribution is 2.48. The summed E-state index contributed by atoms with van der Waals surface area (Å²) in [6, 6.07) is 3.41. The largest absolute Gasteiger partial charge is 0.419 e. The predicted molar refractivity (Wildman–Crippen MR) is 51.3 cm³/mol. The van der Waals surface area contributed by atoms with Crippen LogP contribution in [0.1, 0.15) is 23.5 Å². The number of hydrogen-bond donors (Lipinski definition) is 1. The Labute approximate surface area is 90.3 Å². The van der Waals surface area contributed by atoms with Crippen LogP contribution in [0, 0.1) is 11.7 Å². The van der Waals surface area contributed by atoms with Gasteiger partial charge in [-0.3, -0.25) is 0 Å². The molecule has 0 heterocycles.